The number of nitrogens with zero attached hydrogens (tertiary/aromatic N) is 5. The van der Waals surface area contributed by atoms with Gasteiger partial charge >= 0.3 is 0 Å². The van der Waals surface area contributed by atoms with E-state index in [-0.39, 0.29) is 37.7 Å². The molecule has 1 saturated heterocycles. The zero-order valence-corrected chi connectivity index (χ0v) is 15.9. The molecule has 0 spiro atoms. The summed E-state index contributed by atoms with van der Waals surface area (Å²) in [7, 11) is 0. The molecule has 1 aliphatic rings. The van der Waals surface area contributed by atoms with E-state index in [1.54, 1.807) is 18.2 Å². The second-order valence-corrected chi connectivity index (χ2v) is 7.08. The van der Waals surface area contributed by atoms with Crippen molar-refractivity contribution in [1.29, 1.82) is 5.53 Å². The number of benzene rings is 1. The molecular formula is C20H19F2N7O. The zero-order chi connectivity index (χ0) is 21.3. The maximum Gasteiger partial charge on any atom is 0.255 e. The Morgan fingerprint density at radius 3 is 2.47 bits per heavy atom. The number of hydrazone groups is 1. The lowest BCUT2D eigenvalue weighted by molar-refractivity contribution is -0.0494. The van der Waals surface area contributed by atoms with Crippen molar-refractivity contribution < 1.29 is 13.6 Å². The van der Waals surface area contributed by atoms with Crippen LogP contribution in [0.3, 0.4) is 0 Å². The summed E-state index contributed by atoms with van der Waals surface area (Å²) >= 11 is 0. The van der Waals surface area contributed by atoms with Crippen LogP contribution in [0.1, 0.15) is 28.8 Å². The van der Waals surface area contributed by atoms with Gasteiger partial charge in [-0.15, -0.1) is 5.11 Å². The Hall–Kier alpha value is -3.69. The van der Waals surface area contributed by atoms with Crippen molar-refractivity contribution in [3.63, 3.8) is 0 Å². The van der Waals surface area contributed by atoms with E-state index in [1.165, 1.54) is 11.1 Å². The average molecular weight is 411 g/mol. The Morgan fingerprint density at radius 1 is 1.13 bits per heavy atom. The lowest BCUT2D eigenvalue weighted by atomic mass is 10.1. The van der Waals surface area contributed by atoms with Crippen molar-refractivity contribution in [2.45, 2.75) is 18.8 Å². The molecule has 4 rings (SSSR count). The minimum absolute atomic E-state index is 0.0376. The number of likely N-dealkylation sites (tertiary alicyclic amines) is 1. The van der Waals surface area contributed by atoms with Gasteiger partial charge in [0.1, 0.15) is 5.65 Å². The number of nitrogens with two attached hydrogens (primary N) is 1. The van der Waals surface area contributed by atoms with E-state index < -0.39 is 5.92 Å². The fourth-order valence-electron chi connectivity index (χ4n) is 3.51. The van der Waals surface area contributed by atoms with Crippen molar-refractivity contribution >= 4 is 22.8 Å². The number of hydrogen-bond acceptors (Lipinski definition) is 5. The molecule has 2 aromatic heterocycles. The first-order valence-electron chi connectivity index (χ1n) is 9.32. The van der Waals surface area contributed by atoms with E-state index in [4.69, 9.17) is 11.4 Å². The van der Waals surface area contributed by atoms with Gasteiger partial charge in [0.15, 0.2) is 5.84 Å². The summed E-state index contributed by atoms with van der Waals surface area (Å²) in [4.78, 5) is 18.6. The van der Waals surface area contributed by atoms with Gasteiger partial charge in [-0.2, -0.15) is 5.10 Å². The molecule has 1 aliphatic heterocycles. The summed E-state index contributed by atoms with van der Waals surface area (Å²) in [6.07, 6.45) is 2.67. The molecule has 0 bridgehead atoms. The number of carbonyl (C=O) groups excluding carboxylic acids is 1. The molecule has 30 heavy (non-hydrogen) atoms. The van der Waals surface area contributed by atoms with Crippen molar-refractivity contribution in [2.75, 3.05) is 13.1 Å². The van der Waals surface area contributed by atoms with Crippen LogP contribution in [0.2, 0.25) is 0 Å². The normalized spacial score (nSPS) is 16.6. The van der Waals surface area contributed by atoms with E-state index in [0.717, 1.165) is 11.1 Å². The van der Waals surface area contributed by atoms with Crippen LogP contribution < -0.4 is 5.84 Å². The smallest absolute Gasteiger partial charge is 0.255 e. The van der Waals surface area contributed by atoms with Gasteiger partial charge in [-0.3, -0.25) is 4.79 Å². The Balaban J connectivity index is 1.58. The fraction of sp³-hybridized carbons (Fsp3) is 0.250. The van der Waals surface area contributed by atoms with Gasteiger partial charge in [0.25, 0.3) is 11.8 Å². The van der Waals surface area contributed by atoms with Crippen LogP contribution in [-0.4, -0.2) is 45.2 Å². The largest absolute Gasteiger partial charge is 0.338 e. The molecule has 3 N–H and O–H groups in total. The highest BCUT2D eigenvalue weighted by molar-refractivity contribution is 5.99. The molecule has 0 aliphatic carbocycles. The van der Waals surface area contributed by atoms with E-state index in [1.807, 2.05) is 29.0 Å². The summed E-state index contributed by atoms with van der Waals surface area (Å²) in [5.74, 6) is 2.36. The predicted octanol–water partition coefficient (Wildman–Crippen LogP) is 3.55. The highest BCUT2D eigenvalue weighted by Gasteiger charge is 2.35. The zero-order valence-electron chi connectivity index (χ0n) is 15.9. The third kappa shape index (κ3) is 3.63. The van der Waals surface area contributed by atoms with E-state index in [2.05, 4.69) is 15.2 Å². The molecular weight excluding hydrogens is 392 g/mol. The van der Waals surface area contributed by atoms with Gasteiger partial charge in [0.05, 0.1) is 5.56 Å². The Morgan fingerprint density at radius 2 is 1.83 bits per heavy atom. The summed E-state index contributed by atoms with van der Waals surface area (Å²) in [6.45, 7) is 0.0753. The fourth-order valence-corrected chi connectivity index (χ4v) is 3.51. The van der Waals surface area contributed by atoms with Gasteiger partial charge in [0, 0.05) is 55.0 Å². The lowest BCUT2D eigenvalue weighted by Crippen LogP contribution is -2.42. The number of carbonyl (C=O) groups is 1. The molecule has 0 unspecified atom stereocenters. The Kier molecular flexibility index (Phi) is 4.98. The van der Waals surface area contributed by atoms with Crippen LogP contribution in [0.5, 0.6) is 0 Å². The number of amidine groups is 1. The molecule has 0 saturated carbocycles. The van der Waals surface area contributed by atoms with Crippen molar-refractivity contribution in [1.82, 2.24) is 14.5 Å². The first kappa shape index (κ1) is 19.6. The third-order valence-electron chi connectivity index (χ3n) is 5.19. The molecule has 154 valence electrons. The summed E-state index contributed by atoms with van der Waals surface area (Å²) in [6, 6.07) is 10.7. The van der Waals surface area contributed by atoms with E-state index in [9.17, 15) is 13.6 Å². The Bertz CT molecular complexity index is 1130. The number of amides is 1. The molecule has 0 radical (unpaired) electrons. The number of aromatic nitrogens is 2. The van der Waals surface area contributed by atoms with Gasteiger partial charge < -0.3 is 15.3 Å². The highest BCUT2D eigenvalue weighted by atomic mass is 19.3. The number of pyridine rings is 1. The predicted molar refractivity (Wildman–Crippen MR) is 107 cm³/mol. The SMILES string of the molecule is N=NC(=NN)c1ccc(-n2ccc3cc(C(=O)N4CCC(F)(F)CC4)cnc32)cc1. The summed E-state index contributed by atoms with van der Waals surface area (Å²) < 4.78 is 28.5. The molecule has 10 heteroatoms. The van der Waals surface area contributed by atoms with Gasteiger partial charge in [-0.05, 0) is 36.4 Å². The van der Waals surface area contributed by atoms with Gasteiger partial charge in [0.2, 0.25) is 0 Å². The minimum atomic E-state index is -2.70. The molecule has 1 fully saturated rings. The van der Waals surface area contributed by atoms with Gasteiger partial charge in [-0.25, -0.2) is 19.3 Å². The third-order valence-corrected chi connectivity index (χ3v) is 5.19. The maximum absolute atomic E-state index is 13.3. The first-order chi connectivity index (χ1) is 14.4. The minimum Gasteiger partial charge on any atom is -0.338 e. The number of alkyl halides is 2. The summed E-state index contributed by atoms with van der Waals surface area (Å²) in [5.41, 5.74) is 9.54. The number of fused-ring (bicyclic) bond motifs is 1. The Labute approximate surface area is 170 Å². The number of nitrogens with one attached hydrogen (secondary N) is 1. The van der Waals surface area contributed by atoms with Crippen molar-refractivity contribution in [3.05, 3.63) is 59.9 Å². The number of hydrogen-bond donors (Lipinski definition) is 2. The topological polar surface area (TPSA) is 113 Å². The number of halogens is 2. The average Bonchev–Trinajstić information content (AvgIpc) is 3.18. The van der Waals surface area contributed by atoms with E-state index >= 15 is 0 Å². The summed E-state index contributed by atoms with van der Waals surface area (Å²) in [5, 5.41) is 7.49. The van der Waals surface area contributed by atoms with Crippen LogP contribution in [0.15, 0.2) is 59.0 Å². The maximum atomic E-state index is 13.3. The number of piperidine rings is 1. The molecule has 3 heterocycles. The molecule has 1 amide bonds. The highest BCUT2D eigenvalue weighted by Crippen LogP contribution is 2.29. The molecule has 3 aromatic rings. The van der Waals surface area contributed by atoms with Crippen LogP contribution in [0.4, 0.5) is 8.78 Å². The van der Waals surface area contributed by atoms with Crippen LogP contribution >= 0.6 is 0 Å². The second-order valence-electron chi connectivity index (χ2n) is 7.08. The van der Waals surface area contributed by atoms with Crippen LogP contribution in [0, 0.1) is 5.53 Å². The van der Waals surface area contributed by atoms with Crippen molar-refractivity contribution in [2.24, 2.45) is 16.1 Å². The molecule has 0 atom stereocenters. The van der Waals surface area contributed by atoms with Crippen molar-refractivity contribution in [3.8, 4) is 5.69 Å². The van der Waals surface area contributed by atoms with Crippen LogP contribution in [0.25, 0.3) is 16.7 Å². The monoisotopic (exact) mass is 411 g/mol. The quantitative estimate of drug-likeness (QED) is 0.226. The first-order valence-corrected chi connectivity index (χ1v) is 9.32. The number of rotatable bonds is 3. The lowest BCUT2D eigenvalue weighted by Gasteiger charge is -2.31. The van der Waals surface area contributed by atoms with Crippen LogP contribution in [-0.2, 0) is 0 Å². The van der Waals surface area contributed by atoms with Gasteiger partial charge in [-0.1, -0.05) is 0 Å². The standard InChI is InChI=1S/C20H19F2N7O/c21-20(22)6-9-28(10-7-20)19(30)15-11-14-5-8-29(18(14)25-12-15)16-3-1-13(2-4-16)17(26-23)27-24/h1-5,8,11-12,23H,6-7,9-10,24H2. The molecule has 1 aromatic carbocycles. The second kappa shape index (κ2) is 7.62. The van der Waals surface area contributed by atoms with E-state index in [0.29, 0.717) is 16.8 Å². The molecule has 8 nitrogen and oxygen atoms in total.